The molecule has 0 saturated heterocycles. The Morgan fingerprint density at radius 3 is 2.62 bits per heavy atom. The van der Waals surface area contributed by atoms with Crippen LogP contribution in [0.1, 0.15) is 46.0 Å². The van der Waals surface area contributed by atoms with Crippen LogP contribution in [0, 0.1) is 5.92 Å². The summed E-state index contributed by atoms with van der Waals surface area (Å²) >= 11 is 0. The van der Waals surface area contributed by atoms with Crippen LogP contribution in [0.25, 0.3) is 0 Å². The van der Waals surface area contributed by atoms with Gasteiger partial charge in [-0.1, -0.05) is 13.8 Å². The van der Waals surface area contributed by atoms with Gasteiger partial charge in [0.2, 0.25) is 5.91 Å². The maximum absolute atomic E-state index is 11.5. The van der Waals surface area contributed by atoms with E-state index in [-0.39, 0.29) is 5.91 Å². The smallest absolute Gasteiger partial charge is 0.237 e. The number of aliphatic hydroxyl groups is 1. The predicted octanol–water partition coefficient (Wildman–Crippen LogP) is 0.781. The molecule has 1 aliphatic carbocycles. The highest BCUT2D eigenvalue weighted by Gasteiger charge is 2.32. The molecule has 0 unspecified atom stereocenters. The maximum atomic E-state index is 11.5. The molecule has 0 aromatic heterocycles. The summed E-state index contributed by atoms with van der Waals surface area (Å²) in [5.74, 6) is 0.531. The molecule has 1 aliphatic rings. The maximum Gasteiger partial charge on any atom is 0.237 e. The van der Waals surface area contributed by atoms with Gasteiger partial charge in [0.15, 0.2) is 0 Å². The summed E-state index contributed by atoms with van der Waals surface area (Å²) in [6.07, 6.45) is 4.24. The number of carbonyl (C=O) groups is 1. The van der Waals surface area contributed by atoms with Crippen LogP contribution in [-0.2, 0) is 4.79 Å². The van der Waals surface area contributed by atoms with Crippen molar-refractivity contribution in [2.75, 3.05) is 6.54 Å². The van der Waals surface area contributed by atoms with Crippen LogP contribution in [0.2, 0.25) is 0 Å². The Balaban J connectivity index is 2.34. The van der Waals surface area contributed by atoms with Crippen molar-refractivity contribution in [3.8, 4) is 0 Å². The van der Waals surface area contributed by atoms with Crippen LogP contribution in [0.15, 0.2) is 0 Å². The van der Waals surface area contributed by atoms with Gasteiger partial charge in [-0.25, -0.2) is 0 Å². The van der Waals surface area contributed by atoms with Gasteiger partial charge in [-0.3, -0.25) is 4.79 Å². The Bertz CT molecular complexity index is 235. The van der Waals surface area contributed by atoms with E-state index < -0.39 is 11.6 Å². The molecule has 0 heterocycles. The molecule has 1 saturated carbocycles. The van der Waals surface area contributed by atoms with Crippen LogP contribution < -0.4 is 11.1 Å². The largest absolute Gasteiger partial charge is 0.388 e. The monoisotopic (exact) mass is 228 g/mol. The molecule has 94 valence electrons. The first-order valence-electron chi connectivity index (χ1n) is 6.22. The lowest BCUT2D eigenvalue weighted by Gasteiger charge is -2.35. The van der Waals surface area contributed by atoms with Gasteiger partial charge in [-0.15, -0.1) is 0 Å². The summed E-state index contributed by atoms with van der Waals surface area (Å²) in [6.45, 7) is 4.42. The second-order valence-corrected chi connectivity index (χ2v) is 5.14. The molecule has 4 nitrogen and oxygen atoms in total. The summed E-state index contributed by atoms with van der Waals surface area (Å²) in [5, 5.41) is 13.0. The first kappa shape index (κ1) is 13.5. The average Bonchev–Trinajstić information content (AvgIpc) is 2.29. The second kappa shape index (κ2) is 5.64. The highest BCUT2D eigenvalue weighted by molar-refractivity contribution is 5.81. The summed E-state index contributed by atoms with van der Waals surface area (Å²) in [7, 11) is 0. The number of hydrogen-bond acceptors (Lipinski definition) is 3. The van der Waals surface area contributed by atoms with Gasteiger partial charge < -0.3 is 16.2 Å². The van der Waals surface area contributed by atoms with Crippen LogP contribution in [0.3, 0.4) is 0 Å². The van der Waals surface area contributed by atoms with Gasteiger partial charge in [0.1, 0.15) is 0 Å². The lowest BCUT2D eigenvalue weighted by molar-refractivity contribution is -0.124. The highest BCUT2D eigenvalue weighted by atomic mass is 16.3. The molecular formula is C12H24N2O2. The molecular weight excluding hydrogens is 204 g/mol. The summed E-state index contributed by atoms with van der Waals surface area (Å²) in [4.78, 5) is 11.5. The minimum atomic E-state index is -0.713. The van der Waals surface area contributed by atoms with Crippen molar-refractivity contribution >= 4 is 5.91 Å². The third-order valence-corrected chi connectivity index (χ3v) is 3.57. The fraction of sp³-hybridized carbons (Fsp3) is 0.917. The molecule has 1 rings (SSSR count). The summed E-state index contributed by atoms with van der Waals surface area (Å²) in [6, 6.07) is -0.453. The number of carbonyl (C=O) groups excluding carboxylic acids is 1. The first-order chi connectivity index (χ1) is 7.47. The van der Waals surface area contributed by atoms with E-state index in [4.69, 9.17) is 5.73 Å². The second-order valence-electron chi connectivity index (χ2n) is 5.14. The van der Waals surface area contributed by atoms with E-state index in [9.17, 15) is 9.90 Å². The van der Waals surface area contributed by atoms with Crippen molar-refractivity contribution in [2.24, 2.45) is 11.7 Å². The van der Waals surface area contributed by atoms with Gasteiger partial charge in [0.05, 0.1) is 11.6 Å². The van der Waals surface area contributed by atoms with Crippen LogP contribution in [0.5, 0.6) is 0 Å². The fourth-order valence-electron chi connectivity index (χ4n) is 2.04. The van der Waals surface area contributed by atoms with Crippen molar-refractivity contribution in [2.45, 2.75) is 57.6 Å². The number of rotatable bonds is 4. The SMILES string of the molecule is CC[C@H](N)C(=O)NCC1(O)CCC(C)CC1. The van der Waals surface area contributed by atoms with E-state index in [0.717, 1.165) is 25.7 Å². The van der Waals surface area contributed by atoms with E-state index in [2.05, 4.69) is 12.2 Å². The molecule has 0 spiro atoms. The number of nitrogens with two attached hydrogens (primary N) is 1. The van der Waals surface area contributed by atoms with E-state index in [0.29, 0.717) is 18.9 Å². The molecule has 4 heteroatoms. The van der Waals surface area contributed by atoms with Gasteiger partial charge in [0, 0.05) is 6.54 Å². The highest BCUT2D eigenvalue weighted by Crippen LogP contribution is 2.31. The molecule has 1 atom stereocenters. The molecule has 0 bridgehead atoms. The average molecular weight is 228 g/mol. The molecule has 16 heavy (non-hydrogen) atoms. The van der Waals surface area contributed by atoms with Gasteiger partial charge in [-0.05, 0) is 38.0 Å². The Morgan fingerprint density at radius 1 is 1.56 bits per heavy atom. The zero-order chi connectivity index (χ0) is 12.2. The summed E-state index contributed by atoms with van der Waals surface area (Å²) in [5.41, 5.74) is 4.89. The predicted molar refractivity (Wildman–Crippen MR) is 63.9 cm³/mol. The van der Waals surface area contributed by atoms with Crippen molar-refractivity contribution in [3.05, 3.63) is 0 Å². The van der Waals surface area contributed by atoms with Crippen LogP contribution in [0.4, 0.5) is 0 Å². The third kappa shape index (κ3) is 3.76. The lowest BCUT2D eigenvalue weighted by Crippen LogP contribution is -2.49. The van der Waals surface area contributed by atoms with Crippen molar-refractivity contribution in [1.82, 2.24) is 5.32 Å². The zero-order valence-electron chi connectivity index (χ0n) is 10.3. The summed E-state index contributed by atoms with van der Waals surface area (Å²) < 4.78 is 0. The van der Waals surface area contributed by atoms with Crippen molar-refractivity contribution in [1.29, 1.82) is 0 Å². The zero-order valence-corrected chi connectivity index (χ0v) is 10.3. The van der Waals surface area contributed by atoms with E-state index in [1.807, 2.05) is 6.92 Å². The Labute approximate surface area is 97.6 Å². The Hall–Kier alpha value is -0.610. The van der Waals surface area contributed by atoms with Crippen LogP contribution in [-0.4, -0.2) is 29.2 Å². The van der Waals surface area contributed by atoms with Crippen LogP contribution >= 0.6 is 0 Å². The number of nitrogens with one attached hydrogen (secondary N) is 1. The molecule has 0 aliphatic heterocycles. The Kier molecular flexibility index (Phi) is 4.74. The minimum absolute atomic E-state index is 0.158. The molecule has 1 fully saturated rings. The van der Waals surface area contributed by atoms with Crippen molar-refractivity contribution < 1.29 is 9.90 Å². The molecule has 4 N–H and O–H groups in total. The number of hydrogen-bond donors (Lipinski definition) is 3. The number of amides is 1. The van der Waals surface area contributed by atoms with Gasteiger partial charge in [-0.2, -0.15) is 0 Å². The molecule has 0 aromatic rings. The lowest BCUT2D eigenvalue weighted by atomic mass is 9.79. The van der Waals surface area contributed by atoms with E-state index in [1.54, 1.807) is 0 Å². The van der Waals surface area contributed by atoms with Gasteiger partial charge in [0.25, 0.3) is 0 Å². The Morgan fingerprint density at radius 2 is 2.12 bits per heavy atom. The quantitative estimate of drug-likeness (QED) is 0.665. The third-order valence-electron chi connectivity index (χ3n) is 3.57. The van der Waals surface area contributed by atoms with E-state index in [1.165, 1.54) is 0 Å². The molecule has 0 radical (unpaired) electrons. The standard InChI is InChI=1S/C12H24N2O2/c1-3-10(13)11(15)14-8-12(16)6-4-9(2)5-7-12/h9-10,16H,3-8,13H2,1-2H3,(H,14,15)/t9?,10-,12?/m0/s1. The molecule has 0 aromatic carbocycles. The topological polar surface area (TPSA) is 75.4 Å². The fourth-order valence-corrected chi connectivity index (χ4v) is 2.04. The van der Waals surface area contributed by atoms with E-state index >= 15 is 0 Å². The van der Waals surface area contributed by atoms with Crippen molar-refractivity contribution in [3.63, 3.8) is 0 Å². The minimum Gasteiger partial charge on any atom is -0.388 e. The first-order valence-corrected chi connectivity index (χ1v) is 6.22. The normalized spacial score (nSPS) is 32.1. The van der Waals surface area contributed by atoms with Gasteiger partial charge >= 0.3 is 0 Å². The molecule has 1 amide bonds.